The zero-order valence-corrected chi connectivity index (χ0v) is 10.1. The van der Waals surface area contributed by atoms with Crippen LogP contribution in [0.2, 0.25) is 0 Å². The molecule has 4 heteroatoms. The quantitative estimate of drug-likeness (QED) is 0.844. The molecule has 0 unspecified atom stereocenters. The van der Waals surface area contributed by atoms with Gasteiger partial charge in [0.05, 0.1) is 11.9 Å². The van der Waals surface area contributed by atoms with Gasteiger partial charge in [0, 0.05) is 5.54 Å². The molecule has 92 valence electrons. The van der Waals surface area contributed by atoms with E-state index in [2.05, 4.69) is 17.2 Å². The molecule has 1 saturated carbocycles. The third kappa shape index (κ3) is 2.96. The summed E-state index contributed by atoms with van der Waals surface area (Å²) in [6, 6.07) is 3.33. The Morgan fingerprint density at radius 3 is 2.59 bits per heavy atom. The number of carboxylic acid groups (broad SMARTS) is 1. The van der Waals surface area contributed by atoms with E-state index in [1.54, 1.807) is 12.3 Å². The van der Waals surface area contributed by atoms with Crippen LogP contribution in [-0.4, -0.2) is 21.6 Å². The highest BCUT2D eigenvalue weighted by atomic mass is 16.4. The van der Waals surface area contributed by atoms with Crippen molar-refractivity contribution in [2.24, 2.45) is 0 Å². The van der Waals surface area contributed by atoms with Gasteiger partial charge in [-0.1, -0.05) is 19.3 Å². The molecule has 1 aliphatic carbocycles. The molecule has 0 spiro atoms. The summed E-state index contributed by atoms with van der Waals surface area (Å²) in [6.07, 6.45) is 7.74. The van der Waals surface area contributed by atoms with E-state index in [0.717, 1.165) is 18.5 Å². The Morgan fingerprint density at radius 2 is 2.06 bits per heavy atom. The number of pyridine rings is 1. The molecule has 0 aromatic carbocycles. The van der Waals surface area contributed by atoms with E-state index in [9.17, 15) is 4.79 Å². The van der Waals surface area contributed by atoms with E-state index in [4.69, 9.17) is 5.11 Å². The fraction of sp³-hybridized carbons (Fsp3) is 0.538. The Bertz CT molecular complexity index is 394. The first-order valence-electron chi connectivity index (χ1n) is 6.07. The summed E-state index contributed by atoms with van der Waals surface area (Å²) in [6.45, 7) is 2.22. The summed E-state index contributed by atoms with van der Waals surface area (Å²) in [5.41, 5.74) is 1.12. The summed E-state index contributed by atoms with van der Waals surface area (Å²) in [5.74, 6) is -0.986. The fourth-order valence-electron chi connectivity index (χ4n) is 2.40. The molecule has 1 fully saturated rings. The lowest BCUT2D eigenvalue weighted by atomic mass is 9.83. The number of carboxylic acids is 1. The summed E-state index contributed by atoms with van der Waals surface area (Å²) in [5, 5.41) is 12.2. The Morgan fingerprint density at radius 1 is 1.35 bits per heavy atom. The fourth-order valence-corrected chi connectivity index (χ4v) is 2.40. The van der Waals surface area contributed by atoms with Crippen molar-refractivity contribution >= 4 is 11.7 Å². The average Bonchev–Trinajstić information content (AvgIpc) is 2.30. The van der Waals surface area contributed by atoms with Crippen LogP contribution >= 0.6 is 0 Å². The number of aromatic nitrogens is 1. The van der Waals surface area contributed by atoms with Crippen LogP contribution in [0.4, 0.5) is 5.69 Å². The van der Waals surface area contributed by atoms with Gasteiger partial charge in [0.1, 0.15) is 5.69 Å². The van der Waals surface area contributed by atoms with Gasteiger partial charge in [-0.3, -0.25) is 0 Å². The van der Waals surface area contributed by atoms with Gasteiger partial charge in [0.25, 0.3) is 0 Å². The Kier molecular flexibility index (Phi) is 3.31. The lowest BCUT2D eigenvalue weighted by Crippen LogP contribution is -2.36. The van der Waals surface area contributed by atoms with Crippen LogP contribution in [0.15, 0.2) is 18.3 Å². The largest absolute Gasteiger partial charge is 0.477 e. The highest BCUT2D eigenvalue weighted by molar-refractivity contribution is 5.85. The number of carbonyl (C=O) groups is 1. The Hall–Kier alpha value is -1.58. The molecule has 17 heavy (non-hydrogen) atoms. The Labute approximate surface area is 101 Å². The van der Waals surface area contributed by atoms with Gasteiger partial charge in [-0.05, 0) is 31.9 Å². The summed E-state index contributed by atoms with van der Waals surface area (Å²) in [4.78, 5) is 14.6. The van der Waals surface area contributed by atoms with Crippen LogP contribution in [0.1, 0.15) is 49.5 Å². The standard InChI is InChI=1S/C13H18N2O2/c1-13(7-3-2-4-8-13)15-10-5-6-11(12(16)17)14-9-10/h5-6,9,15H,2-4,7-8H2,1H3,(H,16,17). The summed E-state index contributed by atoms with van der Waals surface area (Å²) in [7, 11) is 0. The zero-order chi connectivity index (χ0) is 12.3. The maximum Gasteiger partial charge on any atom is 0.354 e. The monoisotopic (exact) mass is 234 g/mol. The van der Waals surface area contributed by atoms with Crippen molar-refractivity contribution in [2.75, 3.05) is 5.32 Å². The van der Waals surface area contributed by atoms with E-state index in [1.165, 1.54) is 25.3 Å². The van der Waals surface area contributed by atoms with Crippen molar-refractivity contribution < 1.29 is 9.90 Å². The van der Waals surface area contributed by atoms with Crippen molar-refractivity contribution in [3.63, 3.8) is 0 Å². The molecule has 1 aliphatic rings. The number of aromatic carboxylic acids is 1. The van der Waals surface area contributed by atoms with Gasteiger partial charge in [0.15, 0.2) is 0 Å². The molecule has 0 radical (unpaired) electrons. The number of nitrogens with one attached hydrogen (secondary N) is 1. The van der Waals surface area contributed by atoms with Gasteiger partial charge < -0.3 is 10.4 Å². The lowest BCUT2D eigenvalue weighted by Gasteiger charge is -2.35. The highest BCUT2D eigenvalue weighted by Crippen LogP contribution is 2.30. The molecular formula is C13H18N2O2. The van der Waals surface area contributed by atoms with E-state index >= 15 is 0 Å². The van der Waals surface area contributed by atoms with Gasteiger partial charge >= 0.3 is 5.97 Å². The first-order valence-corrected chi connectivity index (χ1v) is 6.07. The normalized spacial score (nSPS) is 18.6. The maximum absolute atomic E-state index is 10.7. The first kappa shape index (κ1) is 11.9. The van der Waals surface area contributed by atoms with Crippen LogP contribution < -0.4 is 5.32 Å². The average molecular weight is 234 g/mol. The van der Waals surface area contributed by atoms with Crippen molar-refractivity contribution in [1.29, 1.82) is 0 Å². The molecule has 0 amide bonds. The first-order chi connectivity index (χ1) is 8.09. The Balaban J connectivity index is 2.05. The van der Waals surface area contributed by atoms with E-state index in [-0.39, 0.29) is 11.2 Å². The number of hydrogen-bond acceptors (Lipinski definition) is 3. The summed E-state index contributed by atoms with van der Waals surface area (Å²) < 4.78 is 0. The number of rotatable bonds is 3. The molecular weight excluding hydrogens is 216 g/mol. The second-order valence-electron chi connectivity index (χ2n) is 4.98. The van der Waals surface area contributed by atoms with Crippen LogP contribution in [0, 0.1) is 0 Å². The second kappa shape index (κ2) is 4.73. The number of anilines is 1. The van der Waals surface area contributed by atoms with Crippen molar-refractivity contribution in [3.8, 4) is 0 Å². The third-order valence-corrected chi connectivity index (χ3v) is 3.39. The predicted molar refractivity (Wildman–Crippen MR) is 66.3 cm³/mol. The number of hydrogen-bond donors (Lipinski definition) is 2. The van der Waals surface area contributed by atoms with Crippen molar-refractivity contribution in [1.82, 2.24) is 4.98 Å². The minimum absolute atomic E-state index is 0.0874. The third-order valence-electron chi connectivity index (χ3n) is 3.39. The van der Waals surface area contributed by atoms with Crippen LogP contribution in [-0.2, 0) is 0 Å². The lowest BCUT2D eigenvalue weighted by molar-refractivity contribution is 0.0690. The SMILES string of the molecule is CC1(Nc2ccc(C(=O)O)nc2)CCCCC1. The van der Waals surface area contributed by atoms with E-state index in [0.29, 0.717) is 0 Å². The molecule has 0 bridgehead atoms. The molecule has 0 aliphatic heterocycles. The molecule has 1 heterocycles. The van der Waals surface area contributed by atoms with E-state index in [1.807, 2.05) is 0 Å². The van der Waals surface area contributed by atoms with Gasteiger partial charge in [-0.15, -0.1) is 0 Å². The highest BCUT2D eigenvalue weighted by Gasteiger charge is 2.26. The van der Waals surface area contributed by atoms with Crippen LogP contribution in [0.3, 0.4) is 0 Å². The predicted octanol–water partition coefficient (Wildman–Crippen LogP) is 2.91. The topological polar surface area (TPSA) is 62.2 Å². The van der Waals surface area contributed by atoms with Gasteiger partial charge in [-0.2, -0.15) is 0 Å². The van der Waals surface area contributed by atoms with Crippen LogP contribution in [0.25, 0.3) is 0 Å². The van der Waals surface area contributed by atoms with E-state index < -0.39 is 5.97 Å². The molecule has 2 N–H and O–H groups in total. The smallest absolute Gasteiger partial charge is 0.354 e. The maximum atomic E-state index is 10.7. The van der Waals surface area contributed by atoms with Crippen LogP contribution in [0.5, 0.6) is 0 Å². The summed E-state index contributed by atoms with van der Waals surface area (Å²) >= 11 is 0. The molecule has 4 nitrogen and oxygen atoms in total. The molecule has 2 rings (SSSR count). The van der Waals surface area contributed by atoms with Gasteiger partial charge in [-0.25, -0.2) is 9.78 Å². The molecule has 1 aromatic heterocycles. The minimum Gasteiger partial charge on any atom is -0.477 e. The van der Waals surface area contributed by atoms with Gasteiger partial charge in [0.2, 0.25) is 0 Å². The number of nitrogens with zero attached hydrogens (tertiary/aromatic N) is 1. The second-order valence-corrected chi connectivity index (χ2v) is 4.98. The molecule has 0 atom stereocenters. The molecule has 1 aromatic rings. The van der Waals surface area contributed by atoms with Crippen molar-refractivity contribution in [2.45, 2.75) is 44.6 Å². The van der Waals surface area contributed by atoms with Crippen molar-refractivity contribution in [3.05, 3.63) is 24.0 Å². The molecule has 0 saturated heterocycles. The minimum atomic E-state index is -0.986. The zero-order valence-electron chi connectivity index (χ0n) is 10.1.